The molecule has 9 heteroatoms. The Labute approximate surface area is 153 Å². The fourth-order valence-electron chi connectivity index (χ4n) is 2.93. The highest BCUT2D eigenvalue weighted by Gasteiger charge is 2.16. The molecule has 1 aromatic carbocycles. The number of esters is 1. The largest absolute Gasteiger partial charge is 0.460 e. The molecular formula is C18H17N5O4. The van der Waals surface area contributed by atoms with Crippen LogP contribution in [0.3, 0.4) is 0 Å². The van der Waals surface area contributed by atoms with Gasteiger partial charge in [0.1, 0.15) is 0 Å². The van der Waals surface area contributed by atoms with Crippen molar-refractivity contribution in [2.75, 3.05) is 6.61 Å². The Hall–Kier alpha value is -3.49. The molecule has 0 unspecified atom stereocenters. The molecule has 0 fully saturated rings. The van der Waals surface area contributed by atoms with Crippen LogP contribution in [0.25, 0.3) is 16.9 Å². The Morgan fingerprint density at radius 2 is 2.04 bits per heavy atom. The van der Waals surface area contributed by atoms with E-state index in [1.54, 1.807) is 12.1 Å². The summed E-state index contributed by atoms with van der Waals surface area (Å²) in [6.07, 6.45) is 0.457. The van der Waals surface area contributed by atoms with Crippen LogP contribution in [-0.4, -0.2) is 36.7 Å². The van der Waals surface area contributed by atoms with Crippen LogP contribution in [0.4, 0.5) is 0 Å². The average Bonchev–Trinajstić information content (AvgIpc) is 3.19. The van der Waals surface area contributed by atoms with Gasteiger partial charge in [-0.1, -0.05) is 12.1 Å². The third-order valence-corrected chi connectivity index (χ3v) is 4.13. The van der Waals surface area contributed by atoms with Gasteiger partial charge in [-0.05, 0) is 38.5 Å². The van der Waals surface area contributed by atoms with Crippen LogP contribution in [0.5, 0.6) is 0 Å². The third-order valence-electron chi connectivity index (χ3n) is 4.13. The summed E-state index contributed by atoms with van der Waals surface area (Å²) in [6, 6.07) is 9.03. The number of carbonyl (C=O) groups is 1. The Kier molecular flexibility index (Phi) is 4.19. The Morgan fingerprint density at radius 3 is 2.89 bits per heavy atom. The minimum Gasteiger partial charge on any atom is -0.460 e. The first kappa shape index (κ1) is 17.0. The molecule has 4 rings (SSSR count). The number of ether oxygens (including phenoxy) is 1. The lowest BCUT2D eigenvalue weighted by Gasteiger charge is -2.03. The Morgan fingerprint density at radius 1 is 1.22 bits per heavy atom. The van der Waals surface area contributed by atoms with E-state index in [0.717, 1.165) is 11.4 Å². The SMILES string of the molecule is Cc1cc(C)n2nc(C(=O)OCCCn3c(=O)oc4ccccc43)nc2n1. The monoisotopic (exact) mass is 367 g/mol. The maximum Gasteiger partial charge on any atom is 0.419 e. The summed E-state index contributed by atoms with van der Waals surface area (Å²) in [5.41, 5.74) is 2.87. The second-order valence-corrected chi connectivity index (χ2v) is 6.16. The minimum absolute atomic E-state index is 0.0397. The standard InChI is InChI=1S/C18H17N5O4/c1-11-10-12(2)23-17(19-11)20-15(21-23)16(24)26-9-5-8-22-13-6-3-4-7-14(13)27-18(22)25/h3-4,6-7,10H,5,8-9H2,1-2H3. The first-order valence-electron chi connectivity index (χ1n) is 8.49. The molecule has 0 aliphatic carbocycles. The van der Waals surface area contributed by atoms with Crippen molar-refractivity contribution in [3.05, 3.63) is 58.1 Å². The van der Waals surface area contributed by atoms with Crippen LogP contribution >= 0.6 is 0 Å². The minimum atomic E-state index is -0.623. The zero-order chi connectivity index (χ0) is 19.0. The van der Waals surface area contributed by atoms with Crippen LogP contribution in [0.15, 0.2) is 39.5 Å². The fourth-order valence-corrected chi connectivity index (χ4v) is 2.93. The molecular weight excluding hydrogens is 350 g/mol. The molecule has 0 N–H and O–H groups in total. The summed E-state index contributed by atoms with van der Waals surface area (Å²) in [5.74, 6) is -0.735. The molecule has 3 heterocycles. The third kappa shape index (κ3) is 3.19. The van der Waals surface area contributed by atoms with E-state index in [-0.39, 0.29) is 12.4 Å². The Bertz CT molecular complexity index is 1200. The van der Waals surface area contributed by atoms with Crippen molar-refractivity contribution < 1.29 is 13.9 Å². The average molecular weight is 367 g/mol. The molecule has 0 atom stereocenters. The van der Waals surface area contributed by atoms with Crippen LogP contribution in [0, 0.1) is 13.8 Å². The van der Waals surface area contributed by atoms with Gasteiger partial charge in [-0.25, -0.2) is 19.1 Å². The van der Waals surface area contributed by atoms with Crippen LogP contribution in [0.1, 0.15) is 28.4 Å². The molecule has 9 nitrogen and oxygen atoms in total. The van der Waals surface area contributed by atoms with Gasteiger partial charge in [0.2, 0.25) is 0 Å². The first-order valence-corrected chi connectivity index (χ1v) is 8.49. The van der Waals surface area contributed by atoms with E-state index in [2.05, 4.69) is 15.1 Å². The molecule has 4 aromatic rings. The van der Waals surface area contributed by atoms with E-state index >= 15 is 0 Å². The number of oxazole rings is 1. The molecule has 3 aromatic heterocycles. The second kappa shape index (κ2) is 6.67. The highest BCUT2D eigenvalue weighted by Crippen LogP contribution is 2.12. The summed E-state index contributed by atoms with van der Waals surface area (Å²) < 4.78 is 13.4. The Balaban J connectivity index is 1.40. The van der Waals surface area contributed by atoms with Gasteiger partial charge in [0.25, 0.3) is 11.6 Å². The van der Waals surface area contributed by atoms with Crippen molar-refractivity contribution >= 4 is 22.8 Å². The van der Waals surface area contributed by atoms with E-state index in [9.17, 15) is 9.59 Å². The predicted octanol–water partition coefficient (Wildman–Crippen LogP) is 1.90. The van der Waals surface area contributed by atoms with Crippen molar-refractivity contribution in [2.24, 2.45) is 0 Å². The zero-order valence-electron chi connectivity index (χ0n) is 14.9. The van der Waals surface area contributed by atoms with Crippen LogP contribution in [0.2, 0.25) is 0 Å². The second-order valence-electron chi connectivity index (χ2n) is 6.16. The molecule has 0 saturated carbocycles. The normalized spacial score (nSPS) is 11.3. The first-order chi connectivity index (χ1) is 13.0. The highest BCUT2D eigenvalue weighted by molar-refractivity contribution is 5.85. The van der Waals surface area contributed by atoms with E-state index in [1.165, 1.54) is 9.08 Å². The van der Waals surface area contributed by atoms with E-state index < -0.39 is 11.7 Å². The van der Waals surface area contributed by atoms with E-state index in [1.807, 2.05) is 32.0 Å². The predicted molar refractivity (Wildman–Crippen MR) is 95.6 cm³/mol. The molecule has 0 amide bonds. The number of rotatable bonds is 5. The van der Waals surface area contributed by atoms with Gasteiger partial charge in [-0.2, -0.15) is 4.98 Å². The van der Waals surface area contributed by atoms with E-state index in [4.69, 9.17) is 9.15 Å². The maximum absolute atomic E-state index is 12.2. The van der Waals surface area contributed by atoms with Crippen molar-refractivity contribution in [3.63, 3.8) is 0 Å². The quantitative estimate of drug-likeness (QED) is 0.392. The number of benzene rings is 1. The lowest BCUT2D eigenvalue weighted by Crippen LogP contribution is -2.16. The summed E-state index contributed by atoms with van der Waals surface area (Å²) in [5, 5.41) is 4.14. The van der Waals surface area contributed by atoms with Crippen LogP contribution in [-0.2, 0) is 11.3 Å². The summed E-state index contributed by atoms with van der Waals surface area (Å²) in [6.45, 7) is 4.22. The van der Waals surface area contributed by atoms with Gasteiger partial charge in [-0.3, -0.25) is 4.57 Å². The van der Waals surface area contributed by atoms with Crippen molar-refractivity contribution in [3.8, 4) is 0 Å². The topological polar surface area (TPSA) is 105 Å². The van der Waals surface area contributed by atoms with Crippen LogP contribution < -0.4 is 5.76 Å². The molecule has 0 aliphatic rings. The summed E-state index contributed by atoms with van der Waals surface area (Å²) in [7, 11) is 0. The maximum atomic E-state index is 12.2. The summed E-state index contributed by atoms with van der Waals surface area (Å²) >= 11 is 0. The number of aromatic nitrogens is 5. The van der Waals surface area contributed by atoms with Gasteiger partial charge < -0.3 is 9.15 Å². The van der Waals surface area contributed by atoms with Gasteiger partial charge in [0.15, 0.2) is 5.58 Å². The van der Waals surface area contributed by atoms with Gasteiger partial charge >= 0.3 is 11.7 Å². The molecule has 0 aliphatic heterocycles. The molecule has 138 valence electrons. The number of para-hydroxylation sites is 2. The van der Waals surface area contributed by atoms with Gasteiger partial charge in [0, 0.05) is 17.9 Å². The van der Waals surface area contributed by atoms with Gasteiger partial charge in [-0.15, -0.1) is 5.10 Å². The molecule has 0 radical (unpaired) electrons. The number of fused-ring (bicyclic) bond motifs is 2. The molecule has 0 spiro atoms. The lowest BCUT2D eigenvalue weighted by atomic mass is 10.3. The summed E-state index contributed by atoms with van der Waals surface area (Å²) in [4.78, 5) is 32.4. The smallest absolute Gasteiger partial charge is 0.419 e. The molecule has 0 bridgehead atoms. The number of aryl methyl sites for hydroxylation is 3. The number of hydrogen-bond donors (Lipinski definition) is 0. The fraction of sp³-hybridized carbons (Fsp3) is 0.278. The highest BCUT2D eigenvalue weighted by atomic mass is 16.5. The molecule has 27 heavy (non-hydrogen) atoms. The zero-order valence-corrected chi connectivity index (χ0v) is 14.9. The lowest BCUT2D eigenvalue weighted by molar-refractivity contribution is 0.0482. The number of nitrogens with zero attached hydrogens (tertiary/aromatic N) is 5. The van der Waals surface area contributed by atoms with Crippen molar-refractivity contribution in [2.45, 2.75) is 26.8 Å². The number of hydrogen-bond acceptors (Lipinski definition) is 7. The van der Waals surface area contributed by atoms with E-state index in [0.29, 0.717) is 29.8 Å². The number of carbonyl (C=O) groups excluding carboxylic acids is 1. The van der Waals surface area contributed by atoms with Gasteiger partial charge in [0.05, 0.1) is 12.1 Å². The van der Waals surface area contributed by atoms with Crippen molar-refractivity contribution in [1.82, 2.24) is 24.1 Å². The van der Waals surface area contributed by atoms with Crippen molar-refractivity contribution in [1.29, 1.82) is 0 Å². The molecule has 0 saturated heterocycles.